The fourth-order valence-electron chi connectivity index (χ4n) is 4.37. The Balaban J connectivity index is -0.000000740. The van der Waals surface area contributed by atoms with Crippen molar-refractivity contribution >= 4 is 0 Å². The third-order valence-electron chi connectivity index (χ3n) is 6.37. The van der Waals surface area contributed by atoms with Crippen molar-refractivity contribution < 1.29 is 17.1 Å². The van der Waals surface area contributed by atoms with Gasteiger partial charge in [-0.05, 0) is 107 Å². The average molecular weight is 501 g/mol. The van der Waals surface area contributed by atoms with Crippen molar-refractivity contribution in [2.45, 2.75) is 114 Å². The minimum absolute atomic E-state index is 0. The van der Waals surface area contributed by atoms with Crippen LogP contribution in [0, 0.1) is 19.3 Å². The standard InChI is InChI=1S/C28H36O2.C3H8.2CH4.H2O.H2/c1-10-18(4)21(7)26(28(30)15-16-28)24(25(19(5)11-2)27(8,9)29)23-14-13-22(12-3)17-20(23)6;1-3-2;;;;/h3,10-11,13-14,17,24,29-30H,2,15-16H2,1,4-9H3;3H2,1-2H3;2*1H4;1H2;1H/b18-10-,25-19+,26-21-;;;;;. The number of hydrogen-bond donors (Lipinski definition) is 2. The molecule has 1 aromatic rings. The Labute approximate surface area is 224 Å². The Kier molecular flexibility index (Phi) is 16.6. The van der Waals surface area contributed by atoms with Gasteiger partial charge in [0.2, 0.25) is 0 Å². The molecule has 0 radical (unpaired) electrons. The maximum Gasteiger partial charge on any atom is 0.0874 e. The lowest BCUT2D eigenvalue weighted by Gasteiger charge is -2.37. The minimum Gasteiger partial charge on any atom is -0.412 e. The third kappa shape index (κ3) is 8.93. The molecule has 206 valence electrons. The van der Waals surface area contributed by atoms with E-state index in [1.165, 1.54) is 6.42 Å². The molecule has 0 saturated heterocycles. The number of allylic oxidation sites excluding steroid dienone is 5. The summed E-state index contributed by atoms with van der Waals surface area (Å²) < 4.78 is 0. The molecule has 1 saturated carbocycles. The van der Waals surface area contributed by atoms with Gasteiger partial charge in [0.05, 0.1) is 11.2 Å². The molecule has 0 aromatic heterocycles. The van der Waals surface area contributed by atoms with Crippen molar-refractivity contribution in [3.05, 3.63) is 81.5 Å². The monoisotopic (exact) mass is 500 g/mol. The molecule has 1 aliphatic rings. The maximum absolute atomic E-state index is 11.4. The van der Waals surface area contributed by atoms with Crippen molar-refractivity contribution in [1.82, 2.24) is 0 Å². The molecule has 36 heavy (non-hydrogen) atoms. The lowest BCUT2D eigenvalue weighted by Crippen LogP contribution is -2.32. The largest absolute Gasteiger partial charge is 0.412 e. The number of hydrogen-bond acceptors (Lipinski definition) is 2. The molecule has 1 aliphatic carbocycles. The highest BCUT2D eigenvalue weighted by Gasteiger charge is 2.50. The van der Waals surface area contributed by atoms with Crippen molar-refractivity contribution in [1.29, 1.82) is 0 Å². The maximum atomic E-state index is 11.4. The van der Waals surface area contributed by atoms with Crippen molar-refractivity contribution in [2.75, 3.05) is 0 Å². The van der Waals surface area contributed by atoms with Crippen molar-refractivity contribution in [3.8, 4) is 12.3 Å². The van der Waals surface area contributed by atoms with Crippen molar-refractivity contribution in [3.63, 3.8) is 0 Å². The van der Waals surface area contributed by atoms with E-state index in [1.807, 2.05) is 39.0 Å². The van der Waals surface area contributed by atoms with Gasteiger partial charge in [0.15, 0.2) is 0 Å². The van der Waals surface area contributed by atoms with Gasteiger partial charge in [-0.2, -0.15) is 0 Å². The molecular formula is C33H56O3. The summed E-state index contributed by atoms with van der Waals surface area (Å²) in [7, 11) is 0. The smallest absolute Gasteiger partial charge is 0.0874 e. The first-order valence-corrected chi connectivity index (χ1v) is 12.0. The molecule has 0 aliphatic heterocycles. The van der Waals surface area contributed by atoms with Crippen LogP contribution in [0.5, 0.6) is 0 Å². The van der Waals surface area contributed by atoms with E-state index < -0.39 is 11.2 Å². The van der Waals surface area contributed by atoms with E-state index in [-0.39, 0.29) is 27.7 Å². The summed E-state index contributed by atoms with van der Waals surface area (Å²) in [5, 5.41) is 22.7. The predicted molar refractivity (Wildman–Crippen MR) is 163 cm³/mol. The lowest BCUT2D eigenvalue weighted by atomic mass is 9.70. The van der Waals surface area contributed by atoms with Gasteiger partial charge < -0.3 is 15.7 Å². The number of terminal acetylenes is 1. The second kappa shape index (κ2) is 15.7. The zero-order valence-electron chi connectivity index (χ0n) is 22.8. The molecule has 0 heterocycles. The quantitative estimate of drug-likeness (QED) is 0.292. The van der Waals surface area contributed by atoms with E-state index in [0.29, 0.717) is 0 Å². The summed E-state index contributed by atoms with van der Waals surface area (Å²) >= 11 is 0. The molecule has 1 unspecified atom stereocenters. The predicted octanol–water partition coefficient (Wildman–Crippen LogP) is 8.25. The topological polar surface area (TPSA) is 72.0 Å². The summed E-state index contributed by atoms with van der Waals surface area (Å²) in [6.45, 7) is 22.0. The number of aryl methyl sites for hydroxylation is 1. The average Bonchev–Trinajstić information content (AvgIpc) is 3.49. The van der Waals surface area contributed by atoms with Crippen LogP contribution >= 0.6 is 0 Å². The van der Waals surface area contributed by atoms with Gasteiger partial charge in [0.1, 0.15) is 0 Å². The second-order valence-corrected chi connectivity index (χ2v) is 9.76. The van der Waals surface area contributed by atoms with Gasteiger partial charge in [0.25, 0.3) is 0 Å². The van der Waals surface area contributed by atoms with E-state index in [2.05, 4.69) is 46.3 Å². The van der Waals surface area contributed by atoms with Gasteiger partial charge in [0, 0.05) is 12.9 Å². The van der Waals surface area contributed by atoms with E-state index in [9.17, 15) is 10.2 Å². The summed E-state index contributed by atoms with van der Waals surface area (Å²) in [6.07, 6.45) is 12.2. The number of aliphatic hydroxyl groups is 2. The zero-order chi connectivity index (χ0) is 25.6. The Hall–Kier alpha value is -2.38. The summed E-state index contributed by atoms with van der Waals surface area (Å²) in [6, 6.07) is 5.98. The van der Waals surface area contributed by atoms with E-state index in [1.54, 1.807) is 19.9 Å². The number of benzene rings is 1. The first-order valence-electron chi connectivity index (χ1n) is 12.0. The van der Waals surface area contributed by atoms with Crippen LogP contribution in [0.1, 0.15) is 114 Å². The van der Waals surface area contributed by atoms with E-state index >= 15 is 0 Å². The second-order valence-electron chi connectivity index (χ2n) is 9.76. The Morgan fingerprint density at radius 3 is 2.06 bits per heavy atom. The molecule has 2 rings (SSSR count). The Morgan fingerprint density at radius 1 is 1.22 bits per heavy atom. The van der Waals surface area contributed by atoms with Gasteiger partial charge in [-0.1, -0.05) is 71.4 Å². The van der Waals surface area contributed by atoms with Crippen LogP contribution in [-0.4, -0.2) is 26.9 Å². The summed E-state index contributed by atoms with van der Waals surface area (Å²) in [4.78, 5) is 0. The highest BCUT2D eigenvalue weighted by atomic mass is 16.3. The van der Waals surface area contributed by atoms with Crippen molar-refractivity contribution in [2.24, 2.45) is 0 Å². The lowest BCUT2D eigenvalue weighted by molar-refractivity contribution is 0.110. The van der Waals surface area contributed by atoms with Gasteiger partial charge >= 0.3 is 0 Å². The van der Waals surface area contributed by atoms with Crippen LogP contribution in [0.25, 0.3) is 0 Å². The molecule has 1 aromatic carbocycles. The Morgan fingerprint density at radius 2 is 1.72 bits per heavy atom. The third-order valence-corrected chi connectivity index (χ3v) is 6.37. The molecule has 0 amide bonds. The van der Waals surface area contributed by atoms with Crippen LogP contribution in [0.2, 0.25) is 0 Å². The van der Waals surface area contributed by atoms with Crippen LogP contribution < -0.4 is 0 Å². The van der Waals surface area contributed by atoms with E-state index in [4.69, 9.17) is 6.42 Å². The van der Waals surface area contributed by atoms with Gasteiger partial charge in [-0.3, -0.25) is 0 Å². The van der Waals surface area contributed by atoms with E-state index in [0.717, 1.165) is 57.4 Å². The SMILES string of the molecule is C.C.C#Cc1ccc(C(/C(=C(C)/C(C)=C\C)C2(O)CC2)/C(=C(/C)C=C)C(C)(C)O)c(C)c1.CCC.O.[HH]. The van der Waals surface area contributed by atoms with Gasteiger partial charge in [-0.15, -0.1) is 6.42 Å². The molecule has 0 bridgehead atoms. The highest BCUT2D eigenvalue weighted by Crippen LogP contribution is 2.54. The summed E-state index contributed by atoms with van der Waals surface area (Å²) in [5.74, 6) is 2.42. The first kappa shape index (κ1) is 38.2. The van der Waals surface area contributed by atoms with Crippen LogP contribution in [0.4, 0.5) is 0 Å². The fraction of sp³-hybridized carbons (Fsp3) is 0.515. The molecule has 4 N–H and O–H groups in total. The van der Waals surface area contributed by atoms with Crippen LogP contribution in [-0.2, 0) is 0 Å². The minimum atomic E-state index is -1.10. The van der Waals surface area contributed by atoms with Crippen LogP contribution in [0.3, 0.4) is 0 Å². The molecule has 1 atom stereocenters. The Bertz CT molecular complexity index is 993. The molecule has 0 spiro atoms. The molecule has 3 heteroatoms. The first-order chi connectivity index (χ1) is 15.3. The highest BCUT2D eigenvalue weighted by molar-refractivity contribution is 5.56. The fourth-order valence-corrected chi connectivity index (χ4v) is 4.37. The normalized spacial score (nSPS) is 16.1. The van der Waals surface area contributed by atoms with Gasteiger partial charge in [-0.25, -0.2) is 0 Å². The number of rotatable bonds is 7. The molecule has 3 nitrogen and oxygen atoms in total. The van der Waals surface area contributed by atoms with Crippen LogP contribution in [0.15, 0.2) is 64.8 Å². The molecular weight excluding hydrogens is 444 g/mol. The zero-order valence-corrected chi connectivity index (χ0v) is 22.8. The summed E-state index contributed by atoms with van der Waals surface area (Å²) in [5.41, 5.74) is 5.88. The molecule has 1 fully saturated rings.